The number of aryl methyl sites for hydroxylation is 3. The molecule has 0 saturated heterocycles. The molecule has 0 saturated carbocycles. The summed E-state index contributed by atoms with van der Waals surface area (Å²) in [5.74, 6) is 1.14. The predicted molar refractivity (Wildman–Crippen MR) is 99.9 cm³/mol. The van der Waals surface area contributed by atoms with Gasteiger partial charge in [0.25, 0.3) is 0 Å². The Balaban J connectivity index is 1.66. The Morgan fingerprint density at radius 1 is 1.28 bits per heavy atom. The van der Waals surface area contributed by atoms with Crippen molar-refractivity contribution >= 4 is 22.9 Å². The average molecular weight is 355 g/mol. The van der Waals surface area contributed by atoms with Crippen LogP contribution in [0.2, 0.25) is 0 Å². The van der Waals surface area contributed by atoms with Crippen LogP contribution >= 0.6 is 11.3 Å². The van der Waals surface area contributed by atoms with Crippen molar-refractivity contribution in [1.82, 2.24) is 10.1 Å². The SMILES string of the molecule is CCN(C(=O)CCc1nc(-c2cccs2)no1)c1ccc(C)cc1C. The third kappa shape index (κ3) is 3.96. The fourth-order valence-corrected chi connectivity index (χ4v) is 3.45. The molecular formula is C19H21N3O2S. The molecule has 1 aromatic carbocycles. The van der Waals surface area contributed by atoms with E-state index in [1.54, 1.807) is 11.3 Å². The van der Waals surface area contributed by atoms with Crippen LogP contribution in [-0.2, 0) is 11.2 Å². The van der Waals surface area contributed by atoms with Crippen molar-refractivity contribution in [3.8, 4) is 10.7 Å². The summed E-state index contributed by atoms with van der Waals surface area (Å²) in [4.78, 5) is 19.8. The van der Waals surface area contributed by atoms with Crippen molar-refractivity contribution in [3.63, 3.8) is 0 Å². The van der Waals surface area contributed by atoms with Gasteiger partial charge in [-0.25, -0.2) is 0 Å². The van der Waals surface area contributed by atoms with Crippen molar-refractivity contribution in [2.75, 3.05) is 11.4 Å². The number of thiophene rings is 1. The van der Waals surface area contributed by atoms with Crippen LogP contribution in [0.4, 0.5) is 5.69 Å². The van der Waals surface area contributed by atoms with Crippen molar-refractivity contribution < 1.29 is 9.32 Å². The van der Waals surface area contributed by atoms with Gasteiger partial charge < -0.3 is 9.42 Å². The van der Waals surface area contributed by atoms with Gasteiger partial charge >= 0.3 is 0 Å². The number of hydrogen-bond acceptors (Lipinski definition) is 5. The standard InChI is InChI=1S/C19H21N3O2S/c1-4-22(15-8-7-13(2)12-14(15)3)18(23)10-9-17-20-19(21-24-17)16-6-5-11-25-16/h5-8,11-12H,4,9-10H2,1-3H3. The zero-order valence-corrected chi connectivity index (χ0v) is 15.5. The number of hydrogen-bond donors (Lipinski definition) is 0. The molecule has 0 aliphatic carbocycles. The van der Waals surface area contributed by atoms with Gasteiger partial charge in [-0.05, 0) is 43.8 Å². The van der Waals surface area contributed by atoms with Gasteiger partial charge in [0.15, 0.2) is 0 Å². The first-order valence-electron chi connectivity index (χ1n) is 8.32. The molecule has 0 radical (unpaired) electrons. The number of nitrogens with zero attached hydrogens (tertiary/aromatic N) is 3. The van der Waals surface area contributed by atoms with Crippen LogP contribution in [0.1, 0.15) is 30.4 Å². The van der Waals surface area contributed by atoms with Crippen molar-refractivity contribution in [3.05, 3.63) is 52.7 Å². The highest BCUT2D eigenvalue weighted by Crippen LogP contribution is 2.23. The van der Waals surface area contributed by atoms with Crippen LogP contribution < -0.4 is 4.90 Å². The Labute approximate surface area is 151 Å². The van der Waals surface area contributed by atoms with E-state index in [4.69, 9.17) is 4.52 Å². The number of anilines is 1. The van der Waals surface area contributed by atoms with Gasteiger partial charge in [0, 0.05) is 25.1 Å². The molecule has 1 amide bonds. The van der Waals surface area contributed by atoms with Gasteiger partial charge in [0.1, 0.15) is 0 Å². The Morgan fingerprint density at radius 2 is 2.12 bits per heavy atom. The van der Waals surface area contributed by atoms with E-state index in [2.05, 4.69) is 23.1 Å². The molecule has 0 bridgehead atoms. The lowest BCUT2D eigenvalue weighted by Gasteiger charge is -2.23. The zero-order chi connectivity index (χ0) is 17.8. The first-order valence-corrected chi connectivity index (χ1v) is 9.20. The second-order valence-electron chi connectivity index (χ2n) is 5.92. The van der Waals surface area contributed by atoms with Crippen LogP contribution in [0.15, 0.2) is 40.2 Å². The molecule has 0 atom stereocenters. The quantitative estimate of drug-likeness (QED) is 0.657. The minimum absolute atomic E-state index is 0.0605. The molecule has 0 spiro atoms. The molecule has 130 valence electrons. The monoisotopic (exact) mass is 355 g/mol. The average Bonchev–Trinajstić information content (AvgIpc) is 3.26. The molecular weight excluding hydrogens is 334 g/mol. The summed E-state index contributed by atoms with van der Waals surface area (Å²) in [7, 11) is 0. The lowest BCUT2D eigenvalue weighted by atomic mass is 10.1. The Hall–Kier alpha value is -2.47. The van der Waals surface area contributed by atoms with Crippen LogP contribution in [0.3, 0.4) is 0 Å². The molecule has 0 unspecified atom stereocenters. The highest BCUT2D eigenvalue weighted by atomic mass is 32.1. The molecule has 2 heterocycles. The highest BCUT2D eigenvalue weighted by Gasteiger charge is 2.17. The van der Waals surface area contributed by atoms with Gasteiger partial charge in [-0.2, -0.15) is 4.98 Å². The Morgan fingerprint density at radius 3 is 2.80 bits per heavy atom. The molecule has 0 aliphatic rings. The second-order valence-corrected chi connectivity index (χ2v) is 6.86. The molecule has 5 nitrogen and oxygen atoms in total. The number of amides is 1. The summed E-state index contributed by atoms with van der Waals surface area (Å²) < 4.78 is 5.27. The van der Waals surface area contributed by atoms with Gasteiger partial charge in [0.05, 0.1) is 4.88 Å². The molecule has 0 aliphatic heterocycles. The summed E-state index contributed by atoms with van der Waals surface area (Å²) >= 11 is 1.56. The van der Waals surface area contributed by atoms with Gasteiger partial charge in [-0.3, -0.25) is 4.79 Å². The minimum atomic E-state index is 0.0605. The first kappa shape index (κ1) is 17.4. The Bertz CT molecular complexity index is 855. The zero-order valence-electron chi connectivity index (χ0n) is 14.7. The first-order chi connectivity index (χ1) is 12.1. The highest BCUT2D eigenvalue weighted by molar-refractivity contribution is 7.13. The van der Waals surface area contributed by atoms with E-state index in [0.717, 1.165) is 16.1 Å². The second kappa shape index (κ2) is 7.61. The largest absolute Gasteiger partial charge is 0.339 e. The molecule has 0 N–H and O–H groups in total. The van der Waals surface area contributed by atoms with Crippen molar-refractivity contribution in [2.24, 2.45) is 0 Å². The van der Waals surface area contributed by atoms with E-state index in [1.807, 2.05) is 48.4 Å². The molecule has 3 aromatic rings. The lowest BCUT2D eigenvalue weighted by molar-refractivity contribution is -0.118. The maximum Gasteiger partial charge on any atom is 0.227 e. The summed E-state index contributed by atoms with van der Waals surface area (Å²) in [6.07, 6.45) is 0.784. The molecule has 3 rings (SSSR count). The van der Waals surface area contributed by atoms with Gasteiger partial charge in [0.2, 0.25) is 17.6 Å². The van der Waals surface area contributed by atoms with Crippen LogP contribution in [0.5, 0.6) is 0 Å². The lowest BCUT2D eigenvalue weighted by Crippen LogP contribution is -2.31. The number of aromatic nitrogens is 2. The van der Waals surface area contributed by atoms with E-state index >= 15 is 0 Å². The van der Waals surface area contributed by atoms with Gasteiger partial charge in [-0.15, -0.1) is 11.3 Å². The van der Waals surface area contributed by atoms with E-state index < -0.39 is 0 Å². The maximum absolute atomic E-state index is 12.7. The molecule has 6 heteroatoms. The fourth-order valence-electron chi connectivity index (χ4n) is 2.80. The number of carbonyl (C=O) groups excluding carboxylic acids is 1. The van der Waals surface area contributed by atoms with Crippen molar-refractivity contribution in [1.29, 1.82) is 0 Å². The molecule has 2 aromatic heterocycles. The number of carbonyl (C=O) groups is 1. The van der Waals surface area contributed by atoms with Crippen LogP contribution in [0.25, 0.3) is 10.7 Å². The third-order valence-corrected chi connectivity index (χ3v) is 4.89. The topological polar surface area (TPSA) is 59.2 Å². The predicted octanol–water partition coefficient (Wildman–Crippen LogP) is 4.40. The van der Waals surface area contributed by atoms with E-state index in [0.29, 0.717) is 31.1 Å². The summed E-state index contributed by atoms with van der Waals surface area (Å²) in [5, 5.41) is 5.95. The van der Waals surface area contributed by atoms with E-state index in [-0.39, 0.29) is 5.91 Å². The number of benzene rings is 1. The summed E-state index contributed by atoms with van der Waals surface area (Å²) in [6.45, 7) is 6.70. The van der Waals surface area contributed by atoms with Gasteiger partial charge in [-0.1, -0.05) is 28.9 Å². The van der Waals surface area contributed by atoms with E-state index in [9.17, 15) is 4.79 Å². The smallest absolute Gasteiger partial charge is 0.227 e. The van der Waals surface area contributed by atoms with Crippen LogP contribution in [0, 0.1) is 13.8 Å². The molecule has 0 fully saturated rings. The fraction of sp³-hybridized carbons (Fsp3) is 0.316. The van der Waals surface area contributed by atoms with E-state index in [1.165, 1.54) is 5.56 Å². The summed E-state index contributed by atoms with van der Waals surface area (Å²) in [5.41, 5.74) is 3.26. The molecule has 25 heavy (non-hydrogen) atoms. The van der Waals surface area contributed by atoms with Crippen molar-refractivity contribution in [2.45, 2.75) is 33.6 Å². The normalized spacial score (nSPS) is 10.8. The maximum atomic E-state index is 12.7. The minimum Gasteiger partial charge on any atom is -0.339 e. The number of rotatable bonds is 6. The Kier molecular flexibility index (Phi) is 5.28. The third-order valence-electron chi connectivity index (χ3n) is 4.02. The summed E-state index contributed by atoms with van der Waals surface area (Å²) in [6, 6.07) is 10.0. The van der Waals surface area contributed by atoms with Crippen LogP contribution in [-0.4, -0.2) is 22.6 Å².